The lowest BCUT2D eigenvalue weighted by molar-refractivity contribution is -0.137. The molecule has 40 heavy (non-hydrogen) atoms. The van der Waals surface area contributed by atoms with E-state index in [1.165, 1.54) is 12.1 Å². The summed E-state index contributed by atoms with van der Waals surface area (Å²) in [5, 5.41) is 11.5. The van der Waals surface area contributed by atoms with Crippen molar-refractivity contribution in [1.29, 1.82) is 0 Å². The number of rotatable bonds is 8. The van der Waals surface area contributed by atoms with Crippen LogP contribution < -0.4 is 5.32 Å². The van der Waals surface area contributed by atoms with Crippen LogP contribution in [0.25, 0.3) is 0 Å². The SMILES string of the molecule is CC(C)(C)C1CCC2(CC1)N=C(c1ccc(F)cc1)C(=O)N2[C@@H](c1ccc(C(=O)NCCC(=O)O)cc1)C1CC1. The first-order valence-corrected chi connectivity index (χ1v) is 14.3. The first-order valence-electron chi connectivity index (χ1n) is 14.3. The number of carboxylic acids is 1. The maximum absolute atomic E-state index is 14.2. The average molecular weight is 548 g/mol. The highest BCUT2D eigenvalue weighted by molar-refractivity contribution is 6.46. The third-order valence-electron chi connectivity index (χ3n) is 8.80. The van der Waals surface area contributed by atoms with Crippen molar-refractivity contribution in [2.75, 3.05) is 6.54 Å². The molecule has 0 radical (unpaired) electrons. The molecule has 2 aliphatic carbocycles. The number of hydrogen-bond donors (Lipinski definition) is 2. The first kappa shape index (κ1) is 28.0. The predicted molar refractivity (Wildman–Crippen MR) is 150 cm³/mol. The van der Waals surface area contributed by atoms with Crippen molar-refractivity contribution in [3.8, 4) is 0 Å². The molecule has 1 heterocycles. The molecule has 1 spiro atoms. The van der Waals surface area contributed by atoms with Crippen molar-refractivity contribution < 1.29 is 23.9 Å². The highest BCUT2D eigenvalue weighted by Gasteiger charge is 2.55. The van der Waals surface area contributed by atoms with Crippen LogP contribution in [0.2, 0.25) is 0 Å². The minimum atomic E-state index is -0.967. The highest BCUT2D eigenvalue weighted by atomic mass is 19.1. The van der Waals surface area contributed by atoms with Crippen molar-refractivity contribution >= 4 is 23.5 Å². The number of aliphatic imine (C=N–C) groups is 1. The fourth-order valence-electron chi connectivity index (χ4n) is 6.35. The molecule has 3 aliphatic rings. The fourth-order valence-corrected chi connectivity index (χ4v) is 6.35. The molecule has 5 rings (SSSR count). The van der Waals surface area contributed by atoms with Crippen molar-refractivity contribution in [1.82, 2.24) is 10.2 Å². The fraction of sp³-hybridized carbons (Fsp3) is 0.500. The van der Waals surface area contributed by atoms with Crippen LogP contribution in [-0.4, -0.2) is 45.7 Å². The first-order chi connectivity index (χ1) is 19.0. The summed E-state index contributed by atoms with van der Waals surface area (Å²) < 4.78 is 13.7. The van der Waals surface area contributed by atoms with Gasteiger partial charge in [-0.25, -0.2) is 4.39 Å². The molecule has 2 fully saturated rings. The molecule has 0 unspecified atom stereocenters. The Morgan fingerprint density at radius 1 is 1.05 bits per heavy atom. The Morgan fingerprint density at radius 2 is 1.68 bits per heavy atom. The zero-order chi connectivity index (χ0) is 28.7. The number of aliphatic carboxylic acids is 1. The standard InChI is InChI=1S/C32H38FN3O4/c1-31(2,3)24-14-17-32(18-15-24)35-27(20-10-12-25(33)13-11-20)30(40)36(32)28(21-4-5-21)22-6-8-23(9-7-22)29(39)34-19-16-26(37)38/h6-13,21,24,28H,4-5,14-19H2,1-3H3,(H,34,39)(H,37,38)/t24?,28-,32?/m1/s1. The number of carbonyl (C=O) groups excluding carboxylic acids is 2. The monoisotopic (exact) mass is 547 g/mol. The quantitative estimate of drug-likeness (QED) is 0.440. The molecule has 2 aromatic carbocycles. The van der Waals surface area contributed by atoms with E-state index in [-0.39, 0.29) is 42.1 Å². The van der Waals surface area contributed by atoms with Gasteiger partial charge in [-0.15, -0.1) is 0 Å². The van der Waals surface area contributed by atoms with Crippen LogP contribution in [0.5, 0.6) is 0 Å². The van der Waals surface area contributed by atoms with Gasteiger partial charge in [-0.1, -0.05) is 32.9 Å². The summed E-state index contributed by atoms with van der Waals surface area (Å²) >= 11 is 0. The van der Waals surface area contributed by atoms with Gasteiger partial charge in [0.15, 0.2) is 0 Å². The second-order valence-corrected chi connectivity index (χ2v) is 12.6. The number of carboxylic acid groups (broad SMARTS) is 1. The second kappa shape index (κ2) is 10.8. The molecule has 1 aliphatic heterocycles. The number of amides is 2. The van der Waals surface area contributed by atoms with Gasteiger partial charge in [0.05, 0.1) is 12.5 Å². The summed E-state index contributed by atoms with van der Waals surface area (Å²) in [4.78, 5) is 44.7. The third kappa shape index (κ3) is 5.67. The van der Waals surface area contributed by atoms with Gasteiger partial charge in [-0.2, -0.15) is 0 Å². The molecule has 0 saturated heterocycles. The maximum Gasteiger partial charge on any atom is 0.305 e. The van der Waals surface area contributed by atoms with E-state index in [4.69, 9.17) is 10.1 Å². The summed E-state index contributed by atoms with van der Waals surface area (Å²) in [7, 11) is 0. The van der Waals surface area contributed by atoms with Gasteiger partial charge in [-0.3, -0.25) is 19.4 Å². The zero-order valence-corrected chi connectivity index (χ0v) is 23.5. The molecule has 2 aromatic rings. The van der Waals surface area contributed by atoms with Gasteiger partial charge in [0.1, 0.15) is 17.2 Å². The van der Waals surface area contributed by atoms with E-state index < -0.39 is 11.6 Å². The Kier molecular flexibility index (Phi) is 7.55. The molecular weight excluding hydrogens is 509 g/mol. The lowest BCUT2D eigenvalue weighted by Crippen LogP contribution is -2.52. The Hall–Kier alpha value is -3.55. The topological polar surface area (TPSA) is 99.1 Å². The molecule has 2 amide bonds. The maximum atomic E-state index is 14.2. The van der Waals surface area contributed by atoms with Crippen LogP contribution in [0.1, 0.15) is 93.2 Å². The molecule has 8 heteroatoms. The number of nitrogens with one attached hydrogen (secondary N) is 1. The number of hydrogen-bond acceptors (Lipinski definition) is 4. The molecule has 7 nitrogen and oxygen atoms in total. The molecule has 2 saturated carbocycles. The van der Waals surface area contributed by atoms with E-state index in [1.807, 2.05) is 17.0 Å². The van der Waals surface area contributed by atoms with Crippen molar-refractivity contribution in [3.63, 3.8) is 0 Å². The Bertz CT molecular complexity index is 1300. The van der Waals surface area contributed by atoms with Gasteiger partial charge in [0.2, 0.25) is 0 Å². The van der Waals surface area contributed by atoms with Crippen LogP contribution in [-0.2, 0) is 9.59 Å². The van der Waals surface area contributed by atoms with Gasteiger partial charge in [0.25, 0.3) is 11.8 Å². The van der Waals surface area contributed by atoms with E-state index in [1.54, 1.807) is 24.3 Å². The van der Waals surface area contributed by atoms with E-state index in [9.17, 15) is 18.8 Å². The van der Waals surface area contributed by atoms with Crippen molar-refractivity contribution in [3.05, 3.63) is 71.0 Å². The summed E-state index contributed by atoms with van der Waals surface area (Å²) in [6, 6.07) is 13.1. The summed E-state index contributed by atoms with van der Waals surface area (Å²) in [6.07, 6.45) is 5.38. The average Bonchev–Trinajstić information content (AvgIpc) is 3.71. The Balaban J connectivity index is 1.46. The number of carbonyl (C=O) groups is 3. The van der Waals surface area contributed by atoms with E-state index >= 15 is 0 Å². The largest absolute Gasteiger partial charge is 0.481 e. The van der Waals surface area contributed by atoms with Crippen LogP contribution in [0.4, 0.5) is 4.39 Å². The van der Waals surface area contributed by atoms with E-state index in [0.717, 1.165) is 44.1 Å². The van der Waals surface area contributed by atoms with Crippen molar-refractivity contribution in [2.24, 2.45) is 22.2 Å². The molecular formula is C32H38FN3O4. The van der Waals surface area contributed by atoms with Crippen LogP contribution in [0, 0.1) is 23.1 Å². The smallest absolute Gasteiger partial charge is 0.305 e. The zero-order valence-electron chi connectivity index (χ0n) is 23.5. The molecule has 0 bridgehead atoms. The Labute approximate surface area is 234 Å². The van der Waals surface area contributed by atoms with Crippen molar-refractivity contribution in [2.45, 2.75) is 77.4 Å². The third-order valence-corrected chi connectivity index (χ3v) is 8.80. The minimum Gasteiger partial charge on any atom is -0.481 e. The van der Waals surface area contributed by atoms with Gasteiger partial charge >= 0.3 is 5.97 Å². The van der Waals surface area contributed by atoms with Gasteiger partial charge in [0, 0.05) is 17.7 Å². The summed E-state index contributed by atoms with van der Waals surface area (Å²) in [5.41, 5.74) is 1.96. The van der Waals surface area contributed by atoms with Crippen LogP contribution in [0.15, 0.2) is 53.5 Å². The second-order valence-electron chi connectivity index (χ2n) is 12.6. The number of nitrogens with zero attached hydrogens (tertiary/aromatic N) is 2. The van der Waals surface area contributed by atoms with Gasteiger partial charge < -0.3 is 15.3 Å². The number of halogens is 1. The lowest BCUT2D eigenvalue weighted by atomic mass is 9.69. The van der Waals surface area contributed by atoms with E-state index in [2.05, 4.69) is 26.1 Å². The minimum absolute atomic E-state index is 0.0600. The normalized spacial score (nSPS) is 23.7. The molecule has 1 atom stereocenters. The molecule has 212 valence electrons. The molecule has 0 aromatic heterocycles. The van der Waals surface area contributed by atoms with Crippen LogP contribution >= 0.6 is 0 Å². The molecule has 2 N–H and O–H groups in total. The Morgan fingerprint density at radius 3 is 2.23 bits per heavy atom. The predicted octanol–water partition coefficient (Wildman–Crippen LogP) is 5.75. The van der Waals surface area contributed by atoms with E-state index in [0.29, 0.717) is 28.7 Å². The lowest BCUT2D eigenvalue weighted by Gasteiger charge is -2.47. The summed E-state index contributed by atoms with van der Waals surface area (Å²) in [6.45, 7) is 6.87. The van der Waals surface area contributed by atoms with Gasteiger partial charge in [-0.05, 0) is 97.7 Å². The van der Waals surface area contributed by atoms with Crippen LogP contribution in [0.3, 0.4) is 0 Å². The highest BCUT2D eigenvalue weighted by Crippen LogP contribution is 2.54. The summed E-state index contributed by atoms with van der Waals surface area (Å²) in [5.74, 6) is -0.918. The number of benzene rings is 2.